The van der Waals surface area contributed by atoms with E-state index in [0.717, 1.165) is 0 Å². The van der Waals surface area contributed by atoms with E-state index in [1.54, 1.807) is 6.08 Å². The summed E-state index contributed by atoms with van der Waals surface area (Å²) < 4.78 is 17.2. The van der Waals surface area contributed by atoms with Crippen LogP contribution in [-0.4, -0.2) is 100 Å². The molecule has 11 heteroatoms. The average molecular weight is 457 g/mol. The molecule has 0 aromatic rings. The molecule has 1 amide bonds. The van der Waals surface area contributed by atoms with E-state index in [1.807, 2.05) is 19.9 Å². The van der Waals surface area contributed by atoms with Crippen LogP contribution in [0, 0.1) is 29.1 Å². The number of esters is 1. The van der Waals surface area contributed by atoms with Gasteiger partial charge in [0.15, 0.2) is 6.29 Å². The van der Waals surface area contributed by atoms with E-state index in [-0.39, 0.29) is 18.4 Å². The van der Waals surface area contributed by atoms with Gasteiger partial charge in [0.25, 0.3) is 0 Å². The molecule has 32 heavy (non-hydrogen) atoms. The van der Waals surface area contributed by atoms with Crippen LogP contribution in [0.2, 0.25) is 0 Å². The summed E-state index contributed by atoms with van der Waals surface area (Å²) in [6, 6.07) is -0.564. The third kappa shape index (κ3) is 3.38. The molecule has 13 atom stereocenters. The fourth-order valence-corrected chi connectivity index (χ4v) is 6.08. The highest BCUT2D eigenvalue weighted by Gasteiger charge is 2.68. The number of rotatable bonds is 7. The molecule has 1 saturated carbocycles. The molecular weight excluding hydrogens is 426 g/mol. The Labute approximate surface area is 185 Å². The number of carbonyl (C=O) groups is 2. The molecule has 2 heterocycles. The molecule has 3 fully saturated rings. The highest BCUT2D eigenvalue weighted by atomic mass is 16.7. The summed E-state index contributed by atoms with van der Waals surface area (Å²) in [5.41, 5.74) is -0.729. The number of carbonyl (C=O) groups excluding carboxylic acids is 2. The normalized spacial score (nSPS) is 50.6. The Kier molecular flexibility index (Phi) is 6.36. The highest BCUT2D eigenvalue weighted by molar-refractivity contribution is 5.77. The zero-order valence-corrected chi connectivity index (χ0v) is 17.9. The summed E-state index contributed by atoms with van der Waals surface area (Å²) in [5.74, 6) is -2.26. The molecule has 0 aromatic heterocycles. The zero-order chi connectivity index (χ0) is 23.4. The maximum Gasteiger partial charge on any atom is 0.310 e. The lowest BCUT2D eigenvalue weighted by molar-refractivity contribution is -0.313. The summed E-state index contributed by atoms with van der Waals surface area (Å²) in [7, 11) is 0. The maximum atomic E-state index is 12.9. The number of aliphatic hydroxyl groups excluding tert-OH is 5. The number of hydrogen-bond acceptors (Lipinski definition) is 10. The van der Waals surface area contributed by atoms with Crippen molar-refractivity contribution in [3.05, 3.63) is 12.2 Å². The maximum absolute atomic E-state index is 12.9. The monoisotopic (exact) mass is 457 g/mol. The van der Waals surface area contributed by atoms with Crippen LogP contribution in [0.25, 0.3) is 0 Å². The van der Waals surface area contributed by atoms with Gasteiger partial charge in [0.05, 0.1) is 24.7 Å². The van der Waals surface area contributed by atoms with Gasteiger partial charge < -0.3 is 45.1 Å². The van der Waals surface area contributed by atoms with Gasteiger partial charge in [0.2, 0.25) is 6.41 Å². The Hall–Kier alpha value is -1.60. The van der Waals surface area contributed by atoms with E-state index >= 15 is 0 Å². The average Bonchev–Trinajstić information content (AvgIpc) is 3.25. The summed E-state index contributed by atoms with van der Waals surface area (Å²) in [5, 5.41) is 52.5. The quantitative estimate of drug-likeness (QED) is 0.134. The van der Waals surface area contributed by atoms with Crippen molar-refractivity contribution >= 4 is 12.4 Å². The van der Waals surface area contributed by atoms with E-state index < -0.39 is 78.8 Å². The summed E-state index contributed by atoms with van der Waals surface area (Å²) in [4.78, 5) is 24.3. The minimum atomic E-state index is -1.60. The predicted octanol–water partition coefficient (Wildman–Crippen LogP) is -2.72. The van der Waals surface area contributed by atoms with Gasteiger partial charge in [-0.3, -0.25) is 9.59 Å². The molecule has 2 aliphatic heterocycles. The molecule has 180 valence electrons. The molecular formula is C21H31NO10. The molecule has 11 nitrogen and oxygen atoms in total. The topological polar surface area (TPSA) is 175 Å². The lowest BCUT2D eigenvalue weighted by atomic mass is 9.55. The number of amides is 1. The summed E-state index contributed by atoms with van der Waals surface area (Å²) in [6.07, 6.45) is -4.46. The molecule has 4 aliphatic rings. The molecule has 4 rings (SSSR count). The number of hydrogen-bond donors (Lipinski definition) is 6. The lowest BCUT2D eigenvalue weighted by Crippen LogP contribution is -2.63. The van der Waals surface area contributed by atoms with Gasteiger partial charge in [0.1, 0.15) is 30.5 Å². The first-order valence-electron chi connectivity index (χ1n) is 10.9. The van der Waals surface area contributed by atoms with E-state index in [1.165, 1.54) is 0 Å². The summed E-state index contributed by atoms with van der Waals surface area (Å²) in [6.45, 7) is 2.93. The van der Waals surface area contributed by atoms with Crippen LogP contribution < -0.4 is 5.32 Å². The molecule has 6 N–H and O–H groups in total. The van der Waals surface area contributed by atoms with Gasteiger partial charge in [-0.1, -0.05) is 26.0 Å². The predicted molar refractivity (Wildman–Crippen MR) is 105 cm³/mol. The van der Waals surface area contributed by atoms with Crippen molar-refractivity contribution < 1.29 is 49.3 Å². The SMILES string of the molecule is CC(CO)[C@@H]1[C@H]2OC(=O)[C@@H]1[C@@H]1[C@H](OC3OC(CO)C(O)C(O)C3O)C=C[C@]1(C)[C@@H]2NC=O. The highest BCUT2D eigenvalue weighted by Crippen LogP contribution is 2.59. The Morgan fingerprint density at radius 1 is 1.25 bits per heavy atom. The van der Waals surface area contributed by atoms with Crippen molar-refractivity contribution in [3.8, 4) is 0 Å². The van der Waals surface area contributed by atoms with Gasteiger partial charge in [0, 0.05) is 23.9 Å². The molecule has 2 aliphatic carbocycles. The van der Waals surface area contributed by atoms with Crippen molar-refractivity contribution in [2.24, 2.45) is 29.1 Å². The van der Waals surface area contributed by atoms with E-state index in [4.69, 9.17) is 14.2 Å². The second-order valence-corrected chi connectivity index (χ2v) is 9.48. The fraction of sp³-hybridized carbons (Fsp3) is 0.810. The second kappa shape index (κ2) is 8.64. The molecule has 2 bridgehead atoms. The van der Waals surface area contributed by atoms with E-state index in [9.17, 15) is 35.1 Å². The Morgan fingerprint density at radius 3 is 2.59 bits per heavy atom. The van der Waals surface area contributed by atoms with Crippen LogP contribution in [0.3, 0.4) is 0 Å². The van der Waals surface area contributed by atoms with Crippen molar-refractivity contribution in [1.82, 2.24) is 5.32 Å². The van der Waals surface area contributed by atoms with Crippen LogP contribution in [0.15, 0.2) is 12.2 Å². The third-order valence-electron chi connectivity index (χ3n) is 7.75. The van der Waals surface area contributed by atoms with Crippen molar-refractivity contribution in [1.29, 1.82) is 0 Å². The van der Waals surface area contributed by atoms with Crippen LogP contribution in [-0.2, 0) is 23.8 Å². The third-order valence-corrected chi connectivity index (χ3v) is 7.75. The minimum Gasteiger partial charge on any atom is -0.460 e. The van der Waals surface area contributed by atoms with Crippen LogP contribution in [0.1, 0.15) is 13.8 Å². The molecule has 2 saturated heterocycles. The molecule has 0 spiro atoms. The smallest absolute Gasteiger partial charge is 0.310 e. The van der Waals surface area contributed by atoms with Crippen LogP contribution in [0.5, 0.6) is 0 Å². The second-order valence-electron chi connectivity index (χ2n) is 9.48. The summed E-state index contributed by atoms with van der Waals surface area (Å²) >= 11 is 0. The van der Waals surface area contributed by atoms with Gasteiger partial charge >= 0.3 is 5.97 Å². The molecule has 0 radical (unpaired) electrons. The standard InChI is InChI=1S/C21H31NO10/c1-8(5-23)11-12-13-9(30-20-16(28)15(27)14(26)10(6-24)31-20)3-4-21(13,2)18(22-7-25)17(11)32-19(12)29/h3-4,7-18,20,23-24,26-28H,5-6H2,1-2H3,(H,22,25)/t8?,9-,10?,11+,12+,13+,14?,15?,16?,17-,18-,20?,21+/m1/s1. The van der Waals surface area contributed by atoms with Gasteiger partial charge in [-0.05, 0) is 5.92 Å². The number of nitrogens with one attached hydrogen (secondary N) is 1. The number of ether oxygens (including phenoxy) is 3. The first kappa shape index (κ1) is 23.6. The first-order valence-corrected chi connectivity index (χ1v) is 10.9. The van der Waals surface area contributed by atoms with Crippen LogP contribution in [0.4, 0.5) is 0 Å². The zero-order valence-electron chi connectivity index (χ0n) is 17.9. The van der Waals surface area contributed by atoms with Crippen LogP contribution >= 0.6 is 0 Å². The van der Waals surface area contributed by atoms with Crippen molar-refractivity contribution in [3.63, 3.8) is 0 Å². The fourth-order valence-electron chi connectivity index (χ4n) is 6.08. The minimum absolute atomic E-state index is 0.169. The van der Waals surface area contributed by atoms with E-state index in [0.29, 0.717) is 6.41 Å². The van der Waals surface area contributed by atoms with E-state index in [2.05, 4.69) is 5.32 Å². The van der Waals surface area contributed by atoms with Crippen molar-refractivity contribution in [2.75, 3.05) is 13.2 Å². The molecule has 0 aromatic carbocycles. The van der Waals surface area contributed by atoms with Gasteiger partial charge in [-0.2, -0.15) is 0 Å². The molecule has 6 unspecified atom stereocenters. The Morgan fingerprint density at radius 2 is 1.97 bits per heavy atom. The van der Waals surface area contributed by atoms with Gasteiger partial charge in [-0.25, -0.2) is 0 Å². The number of aliphatic hydroxyl groups is 5. The van der Waals surface area contributed by atoms with Crippen molar-refractivity contribution in [2.45, 2.75) is 62.8 Å². The van der Waals surface area contributed by atoms with Gasteiger partial charge in [-0.15, -0.1) is 0 Å². The first-order chi connectivity index (χ1) is 15.2. The number of fused-ring (bicyclic) bond motifs is 4. The largest absolute Gasteiger partial charge is 0.460 e. The Bertz CT molecular complexity index is 761. The lowest BCUT2D eigenvalue weighted by Gasteiger charge is -2.50. The Balaban J connectivity index is 1.65.